The number of halogens is 2. The molecule has 1 aliphatic rings. The van der Waals surface area contributed by atoms with Crippen molar-refractivity contribution in [3.05, 3.63) is 24.0 Å². The highest BCUT2D eigenvalue weighted by atomic mass is 35.5. The van der Waals surface area contributed by atoms with Gasteiger partial charge >= 0.3 is 0 Å². The van der Waals surface area contributed by atoms with E-state index in [1.807, 2.05) is 6.20 Å². The van der Waals surface area contributed by atoms with Gasteiger partial charge in [-0.05, 0) is 38.4 Å². The zero-order valence-corrected chi connectivity index (χ0v) is 12.7. The lowest BCUT2D eigenvalue weighted by Crippen LogP contribution is -2.42. The second-order valence-corrected chi connectivity index (χ2v) is 4.47. The van der Waals surface area contributed by atoms with Gasteiger partial charge in [0, 0.05) is 36.7 Å². The topological polar surface area (TPSA) is 28.2 Å². The Morgan fingerprint density at radius 1 is 1.33 bits per heavy atom. The molecule has 0 bridgehead atoms. The summed E-state index contributed by atoms with van der Waals surface area (Å²) in [7, 11) is 0. The van der Waals surface area contributed by atoms with Crippen molar-refractivity contribution in [3.8, 4) is 0 Å². The lowest BCUT2D eigenvalue weighted by Gasteiger charge is -2.34. The lowest BCUT2D eigenvalue weighted by molar-refractivity contribution is 0.424. The van der Waals surface area contributed by atoms with Crippen molar-refractivity contribution in [1.82, 2.24) is 10.3 Å². The number of hydrogen-bond donors (Lipinski definition) is 1. The molecule has 0 unspecified atom stereocenters. The quantitative estimate of drug-likeness (QED) is 0.928. The number of rotatable bonds is 3. The van der Waals surface area contributed by atoms with E-state index in [0.29, 0.717) is 6.04 Å². The number of aromatic nitrogens is 1. The van der Waals surface area contributed by atoms with Gasteiger partial charge in [0.05, 0.1) is 0 Å². The first kappa shape index (κ1) is 17.5. The maximum Gasteiger partial charge on any atom is 0.0399 e. The van der Waals surface area contributed by atoms with E-state index < -0.39 is 0 Å². The molecule has 1 aliphatic heterocycles. The van der Waals surface area contributed by atoms with E-state index in [9.17, 15) is 0 Å². The third kappa shape index (κ3) is 4.63. The van der Waals surface area contributed by atoms with Gasteiger partial charge in [-0.15, -0.1) is 24.8 Å². The molecule has 0 aromatic carbocycles. The van der Waals surface area contributed by atoms with Crippen LogP contribution in [0.2, 0.25) is 0 Å². The Hall–Kier alpha value is -0.510. The van der Waals surface area contributed by atoms with E-state index in [2.05, 4.69) is 41.2 Å². The first-order chi connectivity index (χ1) is 7.79. The third-order valence-corrected chi connectivity index (χ3v) is 3.23. The van der Waals surface area contributed by atoms with Gasteiger partial charge in [-0.3, -0.25) is 4.98 Å². The summed E-state index contributed by atoms with van der Waals surface area (Å²) < 4.78 is 0. The molecular formula is C13H23Cl2N3. The molecule has 2 rings (SSSR count). The summed E-state index contributed by atoms with van der Waals surface area (Å²) in [4.78, 5) is 6.70. The number of anilines is 1. The number of hydrogen-bond acceptors (Lipinski definition) is 3. The van der Waals surface area contributed by atoms with Gasteiger partial charge in [0.15, 0.2) is 0 Å². The Bertz CT molecular complexity index is 339. The van der Waals surface area contributed by atoms with Crippen LogP contribution in [0.15, 0.2) is 18.3 Å². The maximum absolute atomic E-state index is 4.24. The molecule has 0 atom stereocenters. The van der Waals surface area contributed by atoms with E-state index in [4.69, 9.17) is 0 Å². The Balaban J connectivity index is 0.00000144. The molecule has 2 heterocycles. The molecule has 1 N–H and O–H groups in total. The maximum atomic E-state index is 4.24. The van der Waals surface area contributed by atoms with Crippen LogP contribution in [0, 0.1) is 6.92 Å². The predicted molar refractivity (Wildman–Crippen MR) is 82.4 cm³/mol. The Morgan fingerprint density at radius 3 is 2.56 bits per heavy atom. The minimum atomic E-state index is 0. The fourth-order valence-corrected chi connectivity index (χ4v) is 2.36. The van der Waals surface area contributed by atoms with Gasteiger partial charge in [0.2, 0.25) is 0 Å². The molecule has 18 heavy (non-hydrogen) atoms. The number of piperidine rings is 1. The normalized spacial score (nSPS) is 15.8. The average molecular weight is 292 g/mol. The van der Waals surface area contributed by atoms with Crippen LogP contribution in [0.5, 0.6) is 0 Å². The number of pyridine rings is 1. The van der Waals surface area contributed by atoms with Gasteiger partial charge in [-0.25, -0.2) is 0 Å². The summed E-state index contributed by atoms with van der Waals surface area (Å²) in [5.41, 5.74) is 2.42. The van der Waals surface area contributed by atoms with E-state index in [1.54, 1.807) is 0 Å². The molecule has 5 heteroatoms. The van der Waals surface area contributed by atoms with Crippen LogP contribution in [0.1, 0.15) is 25.5 Å². The van der Waals surface area contributed by atoms with Crippen LogP contribution < -0.4 is 10.2 Å². The van der Waals surface area contributed by atoms with E-state index in [-0.39, 0.29) is 24.8 Å². The van der Waals surface area contributed by atoms with Gasteiger partial charge in [0.25, 0.3) is 0 Å². The van der Waals surface area contributed by atoms with Crippen molar-refractivity contribution in [2.45, 2.75) is 32.7 Å². The molecule has 0 aliphatic carbocycles. The molecule has 1 aromatic heterocycles. The number of nitrogens with zero attached hydrogens (tertiary/aromatic N) is 2. The summed E-state index contributed by atoms with van der Waals surface area (Å²) in [6.07, 6.45) is 4.39. The largest absolute Gasteiger partial charge is 0.371 e. The number of nitrogens with one attached hydrogen (secondary N) is 1. The molecule has 104 valence electrons. The molecule has 3 nitrogen and oxygen atoms in total. The fraction of sp³-hybridized carbons (Fsp3) is 0.615. The summed E-state index contributed by atoms with van der Waals surface area (Å²) in [6, 6.07) is 5.00. The predicted octanol–water partition coefficient (Wildman–Crippen LogP) is 2.81. The van der Waals surface area contributed by atoms with E-state index in [1.165, 1.54) is 18.5 Å². The van der Waals surface area contributed by atoms with Crippen LogP contribution >= 0.6 is 24.8 Å². The summed E-state index contributed by atoms with van der Waals surface area (Å²) in [5.74, 6) is 0. The first-order valence-electron chi connectivity index (χ1n) is 6.20. The highest BCUT2D eigenvalue weighted by Crippen LogP contribution is 2.19. The Morgan fingerprint density at radius 2 is 2.00 bits per heavy atom. The molecule has 0 amide bonds. The van der Waals surface area contributed by atoms with Crippen molar-refractivity contribution in [3.63, 3.8) is 0 Å². The Labute approximate surface area is 122 Å². The molecule has 0 radical (unpaired) electrons. The molecule has 1 saturated heterocycles. The Kier molecular flexibility index (Phi) is 8.32. The summed E-state index contributed by atoms with van der Waals surface area (Å²) in [5, 5.41) is 3.53. The summed E-state index contributed by atoms with van der Waals surface area (Å²) in [6.45, 7) is 7.62. The van der Waals surface area contributed by atoms with Crippen molar-refractivity contribution >= 4 is 30.5 Å². The van der Waals surface area contributed by atoms with Crippen LogP contribution in [0.4, 0.5) is 5.69 Å². The van der Waals surface area contributed by atoms with Crippen LogP contribution in [0.25, 0.3) is 0 Å². The van der Waals surface area contributed by atoms with Gasteiger partial charge < -0.3 is 10.2 Å². The van der Waals surface area contributed by atoms with Crippen molar-refractivity contribution in [2.24, 2.45) is 0 Å². The molecule has 0 saturated carbocycles. The summed E-state index contributed by atoms with van der Waals surface area (Å²) >= 11 is 0. The smallest absolute Gasteiger partial charge is 0.0399 e. The van der Waals surface area contributed by atoms with Crippen molar-refractivity contribution in [2.75, 3.05) is 24.5 Å². The zero-order chi connectivity index (χ0) is 11.4. The second kappa shape index (κ2) is 8.57. The van der Waals surface area contributed by atoms with Gasteiger partial charge in [-0.1, -0.05) is 6.92 Å². The second-order valence-electron chi connectivity index (χ2n) is 4.47. The average Bonchev–Trinajstić information content (AvgIpc) is 2.30. The lowest BCUT2D eigenvalue weighted by atomic mass is 10.0. The third-order valence-electron chi connectivity index (χ3n) is 3.23. The standard InChI is InChI=1S/C13H21N3.2ClH/c1-3-14-12-5-8-16(9-6-12)13-4-7-15-11(2)10-13;;/h4,7,10,12,14H,3,5-6,8-9H2,1-2H3;2*1H. The van der Waals surface area contributed by atoms with Crippen molar-refractivity contribution < 1.29 is 0 Å². The fourth-order valence-electron chi connectivity index (χ4n) is 2.36. The molecule has 0 spiro atoms. The molecule has 1 aromatic rings. The molecular weight excluding hydrogens is 269 g/mol. The minimum absolute atomic E-state index is 0. The van der Waals surface area contributed by atoms with E-state index >= 15 is 0 Å². The van der Waals surface area contributed by atoms with Crippen LogP contribution in [0.3, 0.4) is 0 Å². The highest BCUT2D eigenvalue weighted by molar-refractivity contribution is 5.85. The van der Waals surface area contributed by atoms with Gasteiger partial charge in [0.1, 0.15) is 0 Å². The van der Waals surface area contributed by atoms with E-state index in [0.717, 1.165) is 25.3 Å². The number of aryl methyl sites for hydroxylation is 1. The molecule has 1 fully saturated rings. The van der Waals surface area contributed by atoms with Crippen molar-refractivity contribution in [1.29, 1.82) is 0 Å². The SMILES string of the molecule is CCNC1CCN(c2ccnc(C)c2)CC1.Cl.Cl. The zero-order valence-electron chi connectivity index (χ0n) is 11.1. The highest BCUT2D eigenvalue weighted by Gasteiger charge is 2.18. The first-order valence-corrected chi connectivity index (χ1v) is 6.20. The van der Waals surface area contributed by atoms with Gasteiger partial charge in [-0.2, -0.15) is 0 Å². The van der Waals surface area contributed by atoms with Crippen LogP contribution in [-0.2, 0) is 0 Å². The monoisotopic (exact) mass is 291 g/mol. The van der Waals surface area contributed by atoms with Crippen LogP contribution in [-0.4, -0.2) is 30.7 Å². The minimum Gasteiger partial charge on any atom is -0.371 e.